The zero-order valence-electron chi connectivity index (χ0n) is 18.4. The Hall–Kier alpha value is -4.08. The standard InChI is InChI=1S/C25H17Cl2F2N5O2/c1-2-25(28,29)15-10-18(33-22(35)14-8-16(26)12-17(27)9-14)13-19(11-15)36-23-20(4-3-6-31-23)21-5-7-32-24(30)34-21/h2-13H,1H2,(H,33,35)(H2,30,32,34). The highest BCUT2D eigenvalue weighted by Gasteiger charge is 2.29. The Bertz CT molecular complexity index is 1450. The van der Waals surface area contributed by atoms with Crippen molar-refractivity contribution in [3.63, 3.8) is 0 Å². The molecule has 0 saturated heterocycles. The van der Waals surface area contributed by atoms with Gasteiger partial charge >= 0.3 is 0 Å². The molecule has 2 heterocycles. The minimum Gasteiger partial charge on any atom is -0.438 e. The van der Waals surface area contributed by atoms with Crippen molar-refractivity contribution < 1.29 is 18.3 Å². The van der Waals surface area contributed by atoms with Crippen LogP contribution in [0.3, 0.4) is 0 Å². The second kappa shape index (κ2) is 10.3. The third-order valence-electron chi connectivity index (χ3n) is 4.87. The summed E-state index contributed by atoms with van der Waals surface area (Å²) in [5, 5.41) is 3.06. The molecular formula is C25H17Cl2F2N5O2. The van der Waals surface area contributed by atoms with Crippen LogP contribution in [0.5, 0.6) is 11.6 Å². The predicted octanol–water partition coefficient (Wildman–Crippen LogP) is 6.75. The summed E-state index contributed by atoms with van der Waals surface area (Å²) in [6.45, 7) is 3.20. The highest BCUT2D eigenvalue weighted by Crippen LogP contribution is 2.37. The molecule has 0 atom stereocenters. The quantitative estimate of drug-likeness (QED) is 0.257. The summed E-state index contributed by atoms with van der Waals surface area (Å²) < 4.78 is 35.0. The van der Waals surface area contributed by atoms with Crippen molar-refractivity contribution in [1.82, 2.24) is 15.0 Å². The molecule has 2 aromatic carbocycles. The maximum Gasteiger partial charge on any atom is 0.291 e. The number of nitrogen functional groups attached to an aromatic ring is 1. The Labute approximate surface area is 214 Å². The van der Waals surface area contributed by atoms with E-state index in [0.29, 0.717) is 17.3 Å². The summed E-state index contributed by atoms with van der Waals surface area (Å²) in [5.74, 6) is -3.92. The van der Waals surface area contributed by atoms with Gasteiger partial charge in [-0.05, 0) is 54.6 Å². The number of allylic oxidation sites excluding steroid dienone is 1. The zero-order valence-corrected chi connectivity index (χ0v) is 19.9. The molecular weight excluding hydrogens is 511 g/mol. The lowest BCUT2D eigenvalue weighted by Gasteiger charge is -2.17. The lowest BCUT2D eigenvalue weighted by molar-refractivity contribution is 0.0523. The van der Waals surface area contributed by atoms with Gasteiger partial charge in [0, 0.05) is 45.3 Å². The van der Waals surface area contributed by atoms with Gasteiger partial charge in [0.25, 0.3) is 11.8 Å². The number of rotatable bonds is 7. The largest absolute Gasteiger partial charge is 0.438 e. The first-order chi connectivity index (χ1) is 17.1. The second-order valence-electron chi connectivity index (χ2n) is 7.44. The van der Waals surface area contributed by atoms with E-state index in [0.717, 1.165) is 12.1 Å². The van der Waals surface area contributed by atoms with E-state index in [-0.39, 0.29) is 38.9 Å². The predicted molar refractivity (Wildman–Crippen MR) is 135 cm³/mol. The van der Waals surface area contributed by atoms with Crippen LogP contribution in [0.4, 0.5) is 20.4 Å². The molecule has 182 valence electrons. The summed E-state index contributed by atoms with van der Waals surface area (Å²) in [6.07, 6.45) is 3.43. The van der Waals surface area contributed by atoms with Crippen molar-refractivity contribution in [2.75, 3.05) is 11.1 Å². The summed E-state index contributed by atoms with van der Waals surface area (Å²) in [6, 6.07) is 12.8. The van der Waals surface area contributed by atoms with Crippen molar-refractivity contribution >= 4 is 40.7 Å². The minimum absolute atomic E-state index is 0.0181. The van der Waals surface area contributed by atoms with Gasteiger partial charge in [-0.15, -0.1) is 0 Å². The average molecular weight is 528 g/mol. The number of benzene rings is 2. The fourth-order valence-corrected chi connectivity index (χ4v) is 3.76. The van der Waals surface area contributed by atoms with Gasteiger partial charge in [-0.25, -0.2) is 15.0 Å². The number of carbonyl (C=O) groups is 1. The van der Waals surface area contributed by atoms with E-state index in [1.165, 1.54) is 36.7 Å². The number of amides is 1. The molecule has 1 amide bonds. The highest BCUT2D eigenvalue weighted by molar-refractivity contribution is 6.35. The van der Waals surface area contributed by atoms with Gasteiger partial charge in [0.05, 0.1) is 11.3 Å². The minimum atomic E-state index is -3.41. The number of aromatic nitrogens is 3. The van der Waals surface area contributed by atoms with Gasteiger partial charge in [0.1, 0.15) is 5.75 Å². The molecule has 0 bridgehead atoms. The number of nitrogens with two attached hydrogens (primary N) is 1. The molecule has 0 fully saturated rings. The van der Waals surface area contributed by atoms with E-state index in [9.17, 15) is 13.6 Å². The summed E-state index contributed by atoms with van der Waals surface area (Å²) in [4.78, 5) is 25.0. The Morgan fingerprint density at radius 2 is 1.81 bits per heavy atom. The fraction of sp³-hybridized carbons (Fsp3) is 0.0400. The number of halogens is 4. The third-order valence-corrected chi connectivity index (χ3v) is 5.30. The molecule has 4 rings (SSSR count). The molecule has 0 aliphatic carbocycles. The number of nitrogens with zero attached hydrogens (tertiary/aromatic N) is 3. The van der Waals surface area contributed by atoms with Gasteiger partial charge < -0.3 is 15.8 Å². The summed E-state index contributed by atoms with van der Waals surface area (Å²) in [7, 11) is 0. The van der Waals surface area contributed by atoms with Crippen LogP contribution in [0, 0.1) is 0 Å². The van der Waals surface area contributed by atoms with Gasteiger partial charge in [0.2, 0.25) is 11.8 Å². The molecule has 11 heteroatoms. The van der Waals surface area contributed by atoms with Crippen LogP contribution in [0.15, 0.2) is 79.6 Å². The normalized spacial score (nSPS) is 11.1. The van der Waals surface area contributed by atoms with E-state index in [1.807, 2.05) is 0 Å². The van der Waals surface area contributed by atoms with Crippen LogP contribution < -0.4 is 15.8 Å². The Kier molecular flexibility index (Phi) is 7.14. The summed E-state index contributed by atoms with van der Waals surface area (Å²) >= 11 is 11.9. The number of hydrogen-bond acceptors (Lipinski definition) is 6. The number of anilines is 2. The molecule has 0 radical (unpaired) electrons. The van der Waals surface area contributed by atoms with Crippen molar-refractivity contribution in [2.24, 2.45) is 0 Å². The van der Waals surface area contributed by atoms with Crippen molar-refractivity contribution in [1.29, 1.82) is 0 Å². The van der Waals surface area contributed by atoms with E-state index in [1.54, 1.807) is 18.2 Å². The molecule has 0 aliphatic heterocycles. The van der Waals surface area contributed by atoms with Gasteiger partial charge in [0.15, 0.2) is 0 Å². The van der Waals surface area contributed by atoms with Crippen molar-refractivity contribution in [3.8, 4) is 22.9 Å². The SMILES string of the molecule is C=CC(F)(F)c1cc(NC(=O)c2cc(Cl)cc(Cl)c2)cc(Oc2ncccc2-c2ccnc(N)n2)c1. The van der Waals surface area contributed by atoms with Gasteiger partial charge in [-0.1, -0.05) is 29.8 Å². The fourth-order valence-electron chi connectivity index (χ4n) is 3.23. The van der Waals surface area contributed by atoms with Crippen LogP contribution >= 0.6 is 23.2 Å². The maximum atomic E-state index is 14.6. The topological polar surface area (TPSA) is 103 Å². The lowest BCUT2D eigenvalue weighted by atomic mass is 10.1. The lowest BCUT2D eigenvalue weighted by Crippen LogP contribution is -2.14. The molecule has 36 heavy (non-hydrogen) atoms. The molecule has 0 spiro atoms. The van der Waals surface area contributed by atoms with Crippen LogP contribution in [0.1, 0.15) is 15.9 Å². The molecule has 0 unspecified atom stereocenters. The van der Waals surface area contributed by atoms with Crippen LogP contribution in [0.25, 0.3) is 11.3 Å². The number of carbonyl (C=O) groups excluding carboxylic acids is 1. The Morgan fingerprint density at radius 3 is 2.50 bits per heavy atom. The molecule has 3 N–H and O–H groups in total. The van der Waals surface area contributed by atoms with E-state index >= 15 is 0 Å². The first-order valence-electron chi connectivity index (χ1n) is 10.3. The van der Waals surface area contributed by atoms with Crippen LogP contribution in [0.2, 0.25) is 10.0 Å². The van der Waals surface area contributed by atoms with Gasteiger partial charge in [-0.3, -0.25) is 4.79 Å². The zero-order chi connectivity index (χ0) is 25.9. The highest BCUT2D eigenvalue weighted by atomic mass is 35.5. The monoisotopic (exact) mass is 527 g/mol. The molecule has 0 saturated carbocycles. The number of ether oxygens (including phenoxy) is 1. The van der Waals surface area contributed by atoms with Crippen LogP contribution in [-0.4, -0.2) is 20.9 Å². The van der Waals surface area contributed by atoms with E-state index < -0.39 is 17.4 Å². The molecule has 4 aromatic rings. The smallest absolute Gasteiger partial charge is 0.291 e. The average Bonchev–Trinajstić information content (AvgIpc) is 2.83. The molecule has 0 aliphatic rings. The number of pyridine rings is 1. The van der Waals surface area contributed by atoms with E-state index in [4.69, 9.17) is 33.7 Å². The first kappa shape index (κ1) is 25.0. The molecule has 7 nitrogen and oxygen atoms in total. The first-order valence-corrected chi connectivity index (χ1v) is 11.1. The molecule has 2 aromatic heterocycles. The van der Waals surface area contributed by atoms with E-state index in [2.05, 4.69) is 26.8 Å². The number of alkyl halides is 2. The van der Waals surface area contributed by atoms with Gasteiger partial charge in [-0.2, -0.15) is 8.78 Å². The third kappa shape index (κ3) is 5.76. The summed E-state index contributed by atoms with van der Waals surface area (Å²) in [5.41, 5.74) is 6.27. The van der Waals surface area contributed by atoms with Crippen molar-refractivity contribution in [3.05, 3.63) is 101 Å². The Morgan fingerprint density at radius 1 is 1.06 bits per heavy atom. The Balaban J connectivity index is 1.73. The number of nitrogens with one attached hydrogen (secondary N) is 1. The number of hydrogen-bond donors (Lipinski definition) is 2. The maximum absolute atomic E-state index is 14.6. The van der Waals surface area contributed by atoms with Crippen LogP contribution in [-0.2, 0) is 5.92 Å². The van der Waals surface area contributed by atoms with Crippen molar-refractivity contribution in [2.45, 2.75) is 5.92 Å². The second-order valence-corrected chi connectivity index (χ2v) is 8.32.